The summed E-state index contributed by atoms with van der Waals surface area (Å²) < 4.78 is 6.38. The van der Waals surface area contributed by atoms with Gasteiger partial charge in [-0.25, -0.2) is 14.8 Å². The van der Waals surface area contributed by atoms with Gasteiger partial charge in [0.25, 0.3) is 0 Å². The first kappa shape index (κ1) is 12.5. The lowest BCUT2D eigenvalue weighted by molar-refractivity contribution is 0.0689. The molecule has 92 valence electrons. The highest BCUT2D eigenvalue weighted by Gasteiger charge is 2.05. The van der Waals surface area contributed by atoms with Crippen molar-refractivity contribution in [3.05, 3.63) is 52.4 Å². The van der Waals surface area contributed by atoms with Crippen molar-refractivity contribution >= 4 is 21.9 Å². The predicted octanol–water partition coefficient (Wildman–Crippen LogP) is 2.52. The van der Waals surface area contributed by atoms with Crippen molar-refractivity contribution in [2.75, 3.05) is 0 Å². The highest BCUT2D eigenvalue weighted by molar-refractivity contribution is 9.10. The number of hydrogen-bond acceptors (Lipinski definition) is 4. The van der Waals surface area contributed by atoms with Gasteiger partial charge in [0.2, 0.25) is 5.88 Å². The predicted molar refractivity (Wildman–Crippen MR) is 67.5 cm³/mol. The van der Waals surface area contributed by atoms with E-state index in [0.29, 0.717) is 12.5 Å². The van der Waals surface area contributed by atoms with Crippen LogP contribution in [0.3, 0.4) is 0 Å². The van der Waals surface area contributed by atoms with Gasteiger partial charge in [-0.3, -0.25) is 0 Å². The Bertz CT molecular complexity index is 540. The quantitative estimate of drug-likeness (QED) is 0.939. The number of nitrogens with zero attached hydrogens (tertiary/aromatic N) is 2. The molecule has 2 rings (SSSR count). The van der Waals surface area contributed by atoms with E-state index in [0.717, 1.165) is 10.0 Å². The molecule has 0 saturated carbocycles. The number of halogens is 1. The minimum absolute atomic E-state index is 0.106. The first-order chi connectivity index (χ1) is 8.65. The number of carbonyl (C=O) groups is 1. The summed E-state index contributed by atoms with van der Waals surface area (Å²) in [5.41, 5.74) is 0.883. The number of carboxylic acid groups (broad SMARTS) is 1. The SMILES string of the molecule is O=C(O)c1cnc(OCc2ccc(Br)cc2)cn1. The summed E-state index contributed by atoms with van der Waals surface area (Å²) >= 11 is 3.34. The minimum Gasteiger partial charge on any atom is -0.476 e. The van der Waals surface area contributed by atoms with Crippen molar-refractivity contribution in [2.24, 2.45) is 0 Å². The number of hydrogen-bond donors (Lipinski definition) is 1. The lowest BCUT2D eigenvalue weighted by atomic mass is 10.2. The van der Waals surface area contributed by atoms with Crippen LogP contribution in [0.1, 0.15) is 16.1 Å². The maximum Gasteiger partial charge on any atom is 0.356 e. The molecule has 6 heteroatoms. The highest BCUT2D eigenvalue weighted by Crippen LogP contribution is 2.12. The molecule has 2 aromatic rings. The standard InChI is InChI=1S/C12H9BrN2O3/c13-9-3-1-8(2-4-9)7-18-11-6-14-10(5-15-11)12(16)17/h1-6H,7H2,(H,16,17). The number of ether oxygens (including phenoxy) is 1. The molecule has 0 bridgehead atoms. The molecule has 0 aliphatic heterocycles. The molecule has 0 aliphatic rings. The summed E-state index contributed by atoms with van der Waals surface area (Å²) in [6.45, 7) is 0.356. The summed E-state index contributed by atoms with van der Waals surface area (Å²) in [5.74, 6) is -0.815. The van der Waals surface area contributed by atoms with Crippen LogP contribution in [-0.4, -0.2) is 21.0 Å². The minimum atomic E-state index is -1.11. The summed E-state index contributed by atoms with van der Waals surface area (Å²) in [7, 11) is 0. The first-order valence-corrected chi connectivity index (χ1v) is 5.87. The second kappa shape index (κ2) is 5.59. The van der Waals surface area contributed by atoms with Crippen LogP contribution < -0.4 is 4.74 Å². The fourth-order valence-corrected chi connectivity index (χ4v) is 1.50. The third-order valence-electron chi connectivity index (χ3n) is 2.15. The van der Waals surface area contributed by atoms with Crippen LogP contribution in [0.2, 0.25) is 0 Å². The number of rotatable bonds is 4. The van der Waals surface area contributed by atoms with E-state index < -0.39 is 5.97 Å². The third kappa shape index (κ3) is 3.27. The van der Waals surface area contributed by atoms with Crippen LogP contribution in [0.5, 0.6) is 5.88 Å². The molecule has 1 heterocycles. The van der Waals surface area contributed by atoms with E-state index in [9.17, 15) is 4.79 Å². The van der Waals surface area contributed by atoms with E-state index in [2.05, 4.69) is 25.9 Å². The first-order valence-electron chi connectivity index (χ1n) is 5.08. The summed E-state index contributed by atoms with van der Waals surface area (Å²) in [4.78, 5) is 18.1. The van der Waals surface area contributed by atoms with E-state index in [4.69, 9.17) is 9.84 Å². The molecule has 1 aromatic carbocycles. The largest absolute Gasteiger partial charge is 0.476 e. The number of carboxylic acids is 1. The number of aromatic carboxylic acids is 1. The summed E-state index contributed by atoms with van der Waals surface area (Å²) in [6.07, 6.45) is 2.46. The zero-order chi connectivity index (χ0) is 13.0. The molecule has 0 amide bonds. The average Bonchev–Trinajstić information content (AvgIpc) is 2.38. The van der Waals surface area contributed by atoms with Crippen LogP contribution in [0, 0.1) is 0 Å². The zero-order valence-electron chi connectivity index (χ0n) is 9.21. The molecule has 1 aromatic heterocycles. The third-order valence-corrected chi connectivity index (χ3v) is 2.68. The van der Waals surface area contributed by atoms with Crippen molar-refractivity contribution in [3.63, 3.8) is 0 Å². The van der Waals surface area contributed by atoms with Gasteiger partial charge in [-0.1, -0.05) is 28.1 Å². The molecular formula is C12H9BrN2O3. The monoisotopic (exact) mass is 308 g/mol. The van der Waals surface area contributed by atoms with Gasteiger partial charge < -0.3 is 9.84 Å². The number of benzene rings is 1. The Hall–Kier alpha value is -1.95. The molecule has 1 N–H and O–H groups in total. The Labute approximate surface area is 112 Å². The lowest BCUT2D eigenvalue weighted by Crippen LogP contribution is -2.03. The van der Waals surface area contributed by atoms with E-state index in [1.807, 2.05) is 24.3 Å². The second-order valence-corrected chi connectivity index (χ2v) is 4.38. The van der Waals surface area contributed by atoms with Gasteiger partial charge in [0.1, 0.15) is 6.61 Å². The van der Waals surface area contributed by atoms with Crippen molar-refractivity contribution in [1.82, 2.24) is 9.97 Å². The summed E-state index contributed by atoms with van der Waals surface area (Å²) in [5, 5.41) is 8.66. The Morgan fingerprint density at radius 1 is 1.22 bits per heavy atom. The van der Waals surface area contributed by atoms with Crippen LogP contribution in [-0.2, 0) is 6.61 Å². The lowest BCUT2D eigenvalue weighted by Gasteiger charge is -2.05. The van der Waals surface area contributed by atoms with Gasteiger partial charge in [-0.15, -0.1) is 0 Å². The molecule has 18 heavy (non-hydrogen) atoms. The number of aromatic nitrogens is 2. The van der Waals surface area contributed by atoms with Gasteiger partial charge in [-0.05, 0) is 17.7 Å². The average molecular weight is 309 g/mol. The maximum atomic E-state index is 10.6. The maximum absolute atomic E-state index is 10.6. The van der Waals surface area contributed by atoms with Crippen molar-refractivity contribution in [1.29, 1.82) is 0 Å². The molecular weight excluding hydrogens is 300 g/mol. The molecule has 0 unspecified atom stereocenters. The van der Waals surface area contributed by atoms with Crippen molar-refractivity contribution < 1.29 is 14.6 Å². The van der Waals surface area contributed by atoms with Crippen LogP contribution in [0.4, 0.5) is 0 Å². The van der Waals surface area contributed by atoms with Gasteiger partial charge >= 0.3 is 5.97 Å². The van der Waals surface area contributed by atoms with E-state index in [-0.39, 0.29) is 5.69 Å². The molecule has 0 radical (unpaired) electrons. The van der Waals surface area contributed by atoms with Crippen LogP contribution in [0.25, 0.3) is 0 Å². The van der Waals surface area contributed by atoms with E-state index in [1.54, 1.807) is 0 Å². The smallest absolute Gasteiger partial charge is 0.356 e. The van der Waals surface area contributed by atoms with E-state index >= 15 is 0 Å². The van der Waals surface area contributed by atoms with Gasteiger partial charge in [0.05, 0.1) is 12.4 Å². The van der Waals surface area contributed by atoms with Gasteiger partial charge in [-0.2, -0.15) is 0 Å². The molecule has 0 spiro atoms. The normalized spacial score (nSPS) is 10.1. The highest BCUT2D eigenvalue weighted by atomic mass is 79.9. The fourth-order valence-electron chi connectivity index (χ4n) is 1.24. The molecule has 0 fully saturated rings. The Morgan fingerprint density at radius 2 is 1.94 bits per heavy atom. The summed E-state index contributed by atoms with van der Waals surface area (Å²) in [6, 6.07) is 7.67. The van der Waals surface area contributed by atoms with E-state index in [1.165, 1.54) is 12.4 Å². The van der Waals surface area contributed by atoms with Gasteiger partial charge in [0, 0.05) is 4.47 Å². The Morgan fingerprint density at radius 3 is 2.50 bits per heavy atom. The van der Waals surface area contributed by atoms with Crippen LogP contribution >= 0.6 is 15.9 Å². The molecule has 5 nitrogen and oxygen atoms in total. The van der Waals surface area contributed by atoms with Crippen molar-refractivity contribution in [3.8, 4) is 5.88 Å². The zero-order valence-corrected chi connectivity index (χ0v) is 10.8. The van der Waals surface area contributed by atoms with Gasteiger partial charge in [0.15, 0.2) is 5.69 Å². The Balaban J connectivity index is 1.97. The molecule has 0 atom stereocenters. The molecule has 0 saturated heterocycles. The fraction of sp³-hybridized carbons (Fsp3) is 0.0833. The topological polar surface area (TPSA) is 72.3 Å². The van der Waals surface area contributed by atoms with Crippen molar-refractivity contribution in [2.45, 2.75) is 6.61 Å². The Kier molecular flexibility index (Phi) is 3.88. The second-order valence-electron chi connectivity index (χ2n) is 3.46. The van der Waals surface area contributed by atoms with Crippen LogP contribution in [0.15, 0.2) is 41.1 Å². The molecule has 0 aliphatic carbocycles.